The van der Waals surface area contributed by atoms with Crippen molar-refractivity contribution in [1.82, 2.24) is 0 Å². The molecule has 0 amide bonds. The fourth-order valence-corrected chi connectivity index (χ4v) is 1.67. The third kappa shape index (κ3) is 4.72. The van der Waals surface area contributed by atoms with Gasteiger partial charge in [-0.15, -0.1) is 0 Å². The summed E-state index contributed by atoms with van der Waals surface area (Å²) in [7, 11) is 0. The average molecular weight is 290 g/mol. The van der Waals surface area contributed by atoms with Gasteiger partial charge in [-0.2, -0.15) is 0 Å². The van der Waals surface area contributed by atoms with E-state index < -0.39 is 17.6 Å². The van der Waals surface area contributed by atoms with Gasteiger partial charge in [0.1, 0.15) is 24.0 Å². The zero-order valence-corrected chi connectivity index (χ0v) is 10.9. The lowest BCUT2D eigenvalue weighted by atomic mass is 10.1. The standard InChI is InChI=1S/C16H12F2O3/c17-13-7-14(18)9-15(8-13)21-10-12-3-1-11(2-4-12)5-6-16(19)20/h1-9H,10H2,(H,19,20). The van der Waals surface area contributed by atoms with Gasteiger partial charge in [-0.25, -0.2) is 13.6 Å². The topological polar surface area (TPSA) is 46.5 Å². The minimum Gasteiger partial charge on any atom is -0.489 e. The lowest BCUT2D eigenvalue weighted by Gasteiger charge is -2.07. The average Bonchev–Trinajstić information content (AvgIpc) is 2.43. The highest BCUT2D eigenvalue weighted by atomic mass is 19.1. The Labute approximate surface area is 120 Å². The van der Waals surface area contributed by atoms with Crippen molar-refractivity contribution in [2.45, 2.75) is 6.61 Å². The summed E-state index contributed by atoms with van der Waals surface area (Å²) < 4.78 is 31.3. The molecule has 108 valence electrons. The lowest BCUT2D eigenvalue weighted by molar-refractivity contribution is -0.131. The second kappa shape index (κ2) is 6.65. The van der Waals surface area contributed by atoms with Crippen molar-refractivity contribution in [1.29, 1.82) is 0 Å². The number of benzene rings is 2. The number of carboxylic acid groups (broad SMARTS) is 1. The number of hydrogen-bond donors (Lipinski definition) is 1. The van der Waals surface area contributed by atoms with Gasteiger partial charge in [0.15, 0.2) is 0 Å². The minimum absolute atomic E-state index is 0.113. The zero-order valence-electron chi connectivity index (χ0n) is 10.9. The highest BCUT2D eigenvalue weighted by molar-refractivity contribution is 5.85. The smallest absolute Gasteiger partial charge is 0.328 e. The Bertz CT molecular complexity index is 643. The number of aliphatic carboxylic acids is 1. The van der Waals surface area contributed by atoms with Crippen LogP contribution in [0, 0.1) is 11.6 Å². The normalized spacial score (nSPS) is 10.8. The quantitative estimate of drug-likeness (QED) is 0.855. The van der Waals surface area contributed by atoms with E-state index in [1.54, 1.807) is 24.3 Å². The van der Waals surface area contributed by atoms with Crippen molar-refractivity contribution in [2.24, 2.45) is 0 Å². The highest BCUT2D eigenvalue weighted by Crippen LogP contribution is 2.17. The molecule has 0 spiro atoms. The summed E-state index contributed by atoms with van der Waals surface area (Å²) >= 11 is 0. The van der Waals surface area contributed by atoms with E-state index in [0.29, 0.717) is 0 Å². The van der Waals surface area contributed by atoms with Crippen LogP contribution in [0.25, 0.3) is 6.08 Å². The Balaban J connectivity index is 1.99. The van der Waals surface area contributed by atoms with Crippen LogP contribution in [0.4, 0.5) is 8.78 Å². The van der Waals surface area contributed by atoms with Crippen molar-refractivity contribution in [3.8, 4) is 5.75 Å². The number of rotatable bonds is 5. The van der Waals surface area contributed by atoms with Crippen molar-refractivity contribution in [3.63, 3.8) is 0 Å². The van der Waals surface area contributed by atoms with Gasteiger partial charge < -0.3 is 9.84 Å². The Kier molecular flexibility index (Phi) is 4.66. The van der Waals surface area contributed by atoms with Gasteiger partial charge in [-0.05, 0) is 17.2 Å². The molecule has 0 unspecified atom stereocenters. The second-order valence-corrected chi connectivity index (χ2v) is 4.31. The SMILES string of the molecule is O=C(O)C=Cc1ccc(COc2cc(F)cc(F)c2)cc1. The molecule has 0 atom stereocenters. The molecule has 0 bridgehead atoms. The van der Waals surface area contributed by atoms with Gasteiger partial charge in [0.2, 0.25) is 0 Å². The molecule has 0 aliphatic heterocycles. The molecule has 2 aromatic carbocycles. The number of halogens is 2. The molecule has 0 heterocycles. The first-order valence-corrected chi connectivity index (χ1v) is 6.12. The van der Waals surface area contributed by atoms with Gasteiger partial charge in [-0.1, -0.05) is 24.3 Å². The van der Waals surface area contributed by atoms with Gasteiger partial charge in [0.05, 0.1) is 0 Å². The van der Waals surface area contributed by atoms with Crippen LogP contribution in [0.3, 0.4) is 0 Å². The maximum atomic E-state index is 13.0. The molecule has 2 aromatic rings. The summed E-state index contributed by atoms with van der Waals surface area (Å²) in [5.74, 6) is -2.30. The summed E-state index contributed by atoms with van der Waals surface area (Å²) in [5.41, 5.74) is 1.53. The van der Waals surface area contributed by atoms with E-state index in [-0.39, 0.29) is 12.4 Å². The Hall–Kier alpha value is -2.69. The third-order valence-electron chi connectivity index (χ3n) is 2.64. The van der Waals surface area contributed by atoms with Gasteiger partial charge >= 0.3 is 5.97 Å². The molecule has 0 aliphatic carbocycles. The molecule has 3 nitrogen and oxygen atoms in total. The van der Waals surface area contributed by atoms with Crippen LogP contribution in [-0.2, 0) is 11.4 Å². The monoisotopic (exact) mass is 290 g/mol. The van der Waals surface area contributed by atoms with Crippen molar-refractivity contribution in [2.75, 3.05) is 0 Å². The molecular formula is C16H12F2O3. The van der Waals surface area contributed by atoms with E-state index in [9.17, 15) is 13.6 Å². The maximum Gasteiger partial charge on any atom is 0.328 e. The minimum atomic E-state index is -1.02. The molecule has 2 rings (SSSR count). The van der Waals surface area contributed by atoms with Crippen molar-refractivity contribution in [3.05, 3.63) is 71.3 Å². The van der Waals surface area contributed by atoms with Crippen LogP contribution in [0.5, 0.6) is 5.75 Å². The number of carboxylic acids is 1. The maximum absolute atomic E-state index is 13.0. The van der Waals surface area contributed by atoms with E-state index >= 15 is 0 Å². The van der Waals surface area contributed by atoms with Gasteiger partial charge in [-0.3, -0.25) is 0 Å². The first kappa shape index (κ1) is 14.7. The van der Waals surface area contributed by atoms with E-state index in [1.165, 1.54) is 6.08 Å². The van der Waals surface area contributed by atoms with E-state index in [2.05, 4.69) is 0 Å². The first-order valence-electron chi connectivity index (χ1n) is 6.12. The number of hydrogen-bond acceptors (Lipinski definition) is 2. The van der Waals surface area contributed by atoms with Crippen LogP contribution < -0.4 is 4.74 Å². The molecule has 21 heavy (non-hydrogen) atoms. The lowest BCUT2D eigenvalue weighted by Crippen LogP contribution is -1.96. The summed E-state index contributed by atoms with van der Waals surface area (Å²) in [5, 5.41) is 8.52. The van der Waals surface area contributed by atoms with Crippen LogP contribution in [0.2, 0.25) is 0 Å². The molecule has 1 N–H and O–H groups in total. The van der Waals surface area contributed by atoms with E-state index in [1.807, 2.05) is 0 Å². The molecule has 0 fully saturated rings. The molecule has 0 saturated heterocycles. The Morgan fingerprint density at radius 2 is 1.71 bits per heavy atom. The van der Waals surface area contributed by atoms with E-state index in [4.69, 9.17) is 9.84 Å². The first-order chi connectivity index (χ1) is 10.0. The summed E-state index contributed by atoms with van der Waals surface area (Å²) in [6, 6.07) is 9.93. The van der Waals surface area contributed by atoms with Crippen LogP contribution in [-0.4, -0.2) is 11.1 Å². The summed E-state index contributed by atoms with van der Waals surface area (Å²) in [6.45, 7) is 0.159. The fraction of sp³-hybridized carbons (Fsp3) is 0.0625. The summed E-state index contributed by atoms with van der Waals surface area (Å²) in [4.78, 5) is 10.4. The largest absolute Gasteiger partial charge is 0.489 e. The van der Waals surface area contributed by atoms with Crippen LogP contribution >= 0.6 is 0 Å². The zero-order chi connectivity index (χ0) is 15.2. The highest BCUT2D eigenvalue weighted by Gasteiger charge is 2.02. The van der Waals surface area contributed by atoms with Gasteiger partial charge in [0.25, 0.3) is 0 Å². The molecule has 0 aromatic heterocycles. The van der Waals surface area contributed by atoms with Crippen LogP contribution in [0.15, 0.2) is 48.5 Å². The predicted octanol–water partition coefficient (Wildman–Crippen LogP) is 3.64. The van der Waals surface area contributed by atoms with E-state index in [0.717, 1.165) is 35.4 Å². The Morgan fingerprint density at radius 3 is 2.29 bits per heavy atom. The molecule has 0 aliphatic rings. The molecule has 0 saturated carbocycles. The number of ether oxygens (including phenoxy) is 1. The Morgan fingerprint density at radius 1 is 1.10 bits per heavy atom. The van der Waals surface area contributed by atoms with Crippen molar-refractivity contribution < 1.29 is 23.4 Å². The second-order valence-electron chi connectivity index (χ2n) is 4.31. The molecule has 0 radical (unpaired) electrons. The third-order valence-corrected chi connectivity index (χ3v) is 2.64. The van der Waals surface area contributed by atoms with Crippen molar-refractivity contribution >= 4 is 12.0 Å². The predicted molar refractivity (Wildman–Crippen MR) is 73.8 cm³/mol. The fourth-order valence-electron chi connectivity index (χ4n) is 1.67. The van der Waals surface area contributed by atoms with Gasteiger partial charge in [0, 0.05) is 24.3 Å². The molecular weight excluding hydrogens is 278 g/mol. The van der Waals surface area contributed by atoms with Crippen LogP contribution in [0.1, 0.15) is 11.1 Å². The number of carbonyl (C=O) groups is 1. The summed E-state index contributed by atoms with van der Waals surface area (Å²) in [6.07, 6.45) is 2.51. The molecule has 5 heteroatoms.